The lowest BCUT2D eigenvalue weighted by molar-refractivity contribution is -0.124. The molecule has 18 heavy (non-hydrogen) atoms. The van der Waals surface area contributed by atoms with Crippen LogP contribution in [0.1, 0.15) is 47.0 Å². The van der Waals surface area contributed by atoms with Crippen molar-refractivity contribution in [2.75, 3.05) is 13.6 Å². The van der Waals surface area contributed by atoms with Crippen molar-refractivity contribution >= 4 is 5.91 Å². The highest BCUT2D eigenvalue weighted by atomic mass is 16.1. The molecule has 1 fully saturated rings. The molecular weight excluding hydrogens is 226 g/mol. The predicted molar refractivity (Wildman–Crippen MR) is 75.3 cm³/mol. The summed E-state index contributed by atoms with van der Waals surface area (Å²) in [5.41, 5.74) is 5.07. The fraction of sp³-hybridized carbons (Fsp3) is 0.929. The molecule has 2 unspecified atom stereocenters. The van der Waals surface area contributed by atoms with E-state index in [1.54, 1.807) is 0 Å². The molecule has 1 amide bonds. The first-order chi connectivity index (χ1) is 8.32. The van der Waals surface area contributed by atoms with Crippen LogP contribution in [0.4, 0.5) is 0 Å². The van der Waals surface area contributed by atoms with Crippen LogP contribution >= 0.6 is 0 Å². The van der Waals surface area contributed by atoms with E-state index in [-0.39, 0.29) is 5.91 Å². The minimum absolute atomic E-state index is 0.208. The number of nitrogens with one attached hydrogen (secondary N) is 1. The Hall–Kier alpha value is -0.610. The Morgan fingerprint density at radius 1 is 1.44 bits per heavy atom. The Morgan fingerprint density at radius 2 is 2.06 bits per heavy atom. The highest BCUT2D eigenvalue weighted by Gasteiger charge is 2.44. The van der Waals surface area contributed by atoms with E-state index in [2.05, 4.69) is 37.9 Å². The second kappa shape index (κ2) is 6.02. The quantitative estimate of drug-likeness (QED) is 0.753. The summed E-state index contributed by atoms with van der Waals surface area (Å²) in [4.78, 5) is 14.2. The van der Waals surface area contributed by atoms with Crippen LogP contribution in [0, 0.1) is 5.92 Å². The number of carbonyl (C=O) groups is 1. The standard InChI is InChI=1S/C14H29N3O/c1-10(2)9-17(11(3)4)12-6-7-14(8-12,16-5)13(15)18/h10-12,16H,6-9H2,1-5H3,(H2,15,18). The van der Waals surface area contributed by atoms with Gasteiger partial charge >= 0.3 is 0 Å². The third-order valence-corrected chi connectivity index (χ3v) is 4.15. The highest BCUT2D eigenvalue weighted by molar-refractivity contribution is 5.85. The molecule has 1 rings (SSSR count). The average Bonchev–Trinajstić information content (AvgIpc) is 2.70. The lowest BCUT2D eigenvalue weighted by Gasteiger charge is -2.35. The first-order valence-corrected chi connectivity index (χ1v) is 7.07. The van der Waals surface area contributed by atoms with Crippen LogP contribution in [0.25, 0.3) is 0 Å². The van der Waals surface area contributed by atoms with Gasteiger partial charge < -0.3 is 11.1 Å². The van der Waals surface area contributed by atoms with Crippen LogP contribution in [0.15, 0.2) is 0 Å². The van der Waals surface area contributed by atoms with Gasteiger partial charge in [-0.3, -0.25) is 9.69 Å². The van der Waals surface area contributed by atoms with Gasteiger partial charge in [0.2, 0.25) is 5.91 Å². The van der Waals surface area contributed by atoms with E-state index in [4.69, 9.17) is 5.73 Å². The molecule has 0 aromatic carbocycles. The molecule has 2 atom stereocenters. The van der Waals surface area contributed by atoms with Crippen molar-refractivity contribution in [2.24, 2.45) is 11.7 Å². The summed E-state index contributed by atoms with van der Waals surface area (Å²) in [6, 6.07) is 0.977. The van der Waals surface area contributed by atoms with E-state index in [1.165, 1.54) is 0 Å². The molecule has 4 nitrogen and oxygen atoms in total. The highest BCUT2D eigenvalue weighted by Crippen LogP contribution is 2.34. The van der Waals surface area contributed by atoms with Crippen LogP contribution in [-0.4, -0.2) is 42.0 Å². The summed E-state index contributed by atoms with van der Waals surface area (Å²) in [5, 5.41) is 3.15. The van der Waals surface area contributed by atoms with E-state index in [9.17, 15) is 4.79 Å². The van der Waals surface area contributed by atoms with Crippen LogP contribution in [0.5, 0.6) is 0 Å². The number of hydrogen-bond donors (Lipinski definition) is 2. The minimum Gasteiger partial charge on any atom is -0.368 e. The summed E-state index contributed by atoms with van der Waals surface area (Å²) >= 11 is 0. The molecule has 0 aromatic rings. The minimum atomic E-state index is -0.491. The number of nitrogens with two attached hydrogens (primary N) is 1. The topological polar surface area (TPSA) is 58.4 Å². The van der Waals surface area contributed by atoms with Crippen molar-refractivity contribution < 1.29 is 4.79 Å². The Morgan fingerprint density at radius 3 is 2.39 bits per heavy atom. The number of carbonyl (C=O) groups excluding carboxylic acids is 1. The van der Waals surface area contributed by atoms with Crippen LogP contribution in [0.2, 0.25) is 0 Å². The predicted octanol–water partition coefficient (Wildman–Crippen LogP) is 1.35. The average molecular weight is 255 g/mol. The first-order valence-electron chi connectivity index (χ1n) is 7.07. The summed E-state index contributed by atoms with van der Waals surface area (Å²) in [5.74, 6) is 0.436. The van der Waals surface area contributed by atoms with Crippen LogP contribution < -0.4 is 11.1 Å². The van der Waals surface area contributed by atoms with Crippen molar-refractivity contribution in [3.05, 3.63) is 0 Å². The molecule has 106 valence electrons. The maximum Gasteiger partial charge on any atom is 0.237 e. The van der Waals surface area contributed by atoms with Crippen LogP contribution in [-0.2, 0) is 4.79 Å². The molecule has 0 saturated heterocycles. The SMILES string of the molecule is CNC1(C(N)=O)CCC(N(CC(C)C)C(C)C)C1. The van der Waals surface area contributed by atoms with Crippen molar-refractivity contribution in [3.63, 3.8) is 0 Å². The molecule has 1 aliphatic rings. The summed E-state index contributed by atoms with van der Waals surface area (Å²) in [7, 11) is 1.84. The summed E-state index contributed by atoms with van der Waals surface area (Å²) in [6.07, 6.45) is 2.74. The van der Waals surface area contributed by atoms with Crippen molar-refractivity contribution in [1.29, 1.82) is 0 Å². The number of rotatable bonds is 6. The van der Waals surface area contributed by atoms with Gasteiger partial charge in [-0.15, -0.1) is 0 Å². The molecule has 0 radical (unpaired) electrons. The lowest BCUT2D eigenvalue weighted by atomic mass is 9.96. The first kappa shape index (κ1) is 15.4. The molecule has 0 bridgehead atoms. The van der Waals surface area contributed by atoms with Gasteiger partial charge in [0.25, 0.3) is 0 Å². The van der Waals surface area contributed by atoms with E-state index >= 15 is 0 Å². The van der Waals surface area contributed by atoms with Gasteiger partial charge in [0.05, 0.1) is 5.54 Å². The van der Waals surface area contributed by atoms with E-state index in [1.807, 2.05) is 7.05 Å². The largest absolute Gasteiger partial charge is 0.368 e. The fourth-order valence-corrected chi connectivity index (χ4v) is 3.08. The molecule has 0 heterocycles. The van der Waals surface area contributed by atoms with Gasteiger partial charge in [0.1, 0.15) is 0 Å². The molecule has 4 heteroatoms. The van der Waals surface area contributed by atoms with Crippen molar-refractivity contribution in [3.8, 4) is 0 Å². The Balaban J connectivity index is 2.76. The number of likely N-dealkylation sites (N-methyl/N-ethyl adjacent to an activating group) is 1. The van der Waals surface area contributed by atoms with E-state index < -0.39 is 5.54 Å². The Labute approximate surface area is 111 Å². The smallest absolute Gasteiger partial charge is 0.237 e. The molecular formula is C14H29N3O. The molecule has 1 aliphatic carbocycles. The normalized spacial score (nSPS) is 28.6. The number of amides is 1. The van der Waals surface area contributed by atoms with Gasteiger partial charge in [0, 0.05) is 18.6 Å². The van der Waals surface area contributed by atoms with Gasteiger partial charge in [-0.25, -0.2) is 0 Å². The fourth-order valence-electron chi connectivity index (χ4n) is 3.08. The second-order valence-corrected chi connectivity index (χ2v) is 6.28. The molecule has 0 aromatic heterocycles. The lowest BCUT2D eigenvalue weighted by Crippen LogP contribution is -2.53. The van der Waals surface area contributed by atoms with E-state index in [0.29, 0.717) is 18.0 Å². The van der Waals surface area contributed by atoms with Gasteiger partial charge in [-0.1, -0.05) is 13.8 Å². The van der Waals surface area contributed by atoms with Crippen molar-refractivity contribution in [2.45, 2.75) is 64.6 Å². The van der Waals surface area contributed by atoms with E-state index in [0.717, 1.165) is 25.8 Å². The Kier molecular flexibility index (Phi) is 5.17. The van der Waals surface area contributed by atoms with Crippen molar-refractivity contribution in [1.82, 2.24) is 10.2 Å². The molecule has 0 spiro atoms. The molecule has 1 saturated carbocycles. The van der Waals surface area contributed by atoms with Gasteiger partial charge in [0.15, 0.2) is 0 Å². The zero-order chi connectivity index (χ0) is 13.9. The number of nitrogens with zero attached hydrogens (tertiary/aromatic N) is 1. The number of primary amides is 1. The van der Waals surface area contributed by atoms with Gasteiger partial charge in [-0.2, -0.15) is 0 Å². The zero-order valence-corrected chi connectivity index (χ0v) is 12.5. The monoisotopic (exact) mass is 255 g/mol. The maximum atomic E-state index is 11.7. The third kappa shape index (κ3) is 3.23. The van der Waals surface area contributed by atoms with Gasteiger partial charge in [-0.05, 0) is 46.1 Å². The Bertz CT molecular complexity index is 291. The summed E-state index contributed by atoms with van der Waals surface area (Å²) < 4.78 is 0. The number of hydrogen-bond acceptors (Lipinski definition) is 3. The molecule has 3 N–H and O–H groups in total. The summed E-state index contributed by atoms with van der Waals surface area (Å²) in [6.45, 7) is 10.0. The maximum absolute atomic E-state index is 11.7. The van der Waals surface area contributed by atoms with Crippen LogP contribution in [0.3, 0.4) is 0 Å². The second-order valence-electron chi connectivity index (χ2n) is 6.28. The third-order valence-electron chi connectivity index (χ3n) is 4.15. The zero-order valence-electron chi connectivity index (χ0n) is 12.5. The molecule has 0 aliphatic heterocycles.